The number of nitrogens with two attached hydrogens (primary N) is 1. The molecule has 0 aliphatic heterocycles. The van der Waals surface area contributed by atoms with E-state index in [1.54, 1.807) is 0 Å². The molecule has 1 aromatic rings. The molecule has 0 radical (unpaired) electrons. The first-order valence-electron chi connectivity index (χ1n) is 5.99. The Morgan fingerprint density at radius 2 is 1.88 bits per heavy atom. The van der Waals surface area contributed by atoms with Crippen LogP contribution >= 0.6 is 0 Å². The van der Waals surface area contributed by atoms with Crippen LogP contribution < -0.4 is 11.1 Å². The second-order valence-electron chi connectivity index (χ2n) is 4.56. The maximum absolute atomic E-state index is 12.7. The quantitative estimate of drug-likeness (QED) is 0.822. The molecule has 2 atom stereocenters. The van der Waals surface area contributed by atoms with Gasteiger partial charge in [0.2, 0.25) is 0 Å². The van der Waals surface area contributed by atoms with Crippen molar-refractivity contribution in [2.75, 3.05) is 0 Å². The van der Waals surface area contributed by atoms with Gasteiger partial charge in [0.1, 0.15) is 5.82 Å². The van der Waals surface area contributed by atoms with Gasteiger partial charge >= 0.3 is 0 Å². The standard InChI is InChI=1S/C13H19FN2/c14-11-7-5-10(6-8-11)9-16-13-4-2-1-3-12(13)15/h5-8,12-13,16H,1-4,9,15H2/t12-,13-/m1/s1. The number of hydrogen-bond donors (Lipinski definition) is 2. The summed E-state index contributed by atoms with van der Waals surface area (Å²) >= 11 is 0. The fourth-order valence-corrected chi connectivity index (χ4v) is 2.26. The molecule has 1 aliphatic carbocycles. The van der Waals surface area contributed by atoms with Crippen molar-refractivity contribution in [2.45, 2.75) is 44.3 Å². The highest BCUT2D eigenvalue weighted by molar-refractivity contribution is 5.15. The van der Waals surface area contributed by atoms with Crippen LogP contribution in [0.15, 0.2) is 24.3 Å². The summed E-state index contributed by atoms with van der Waals surface area (Å²) in [6, 6.07) is 7.32. The van der Waals surface area contributed by atoms with Crippen molar-refractivity contribution < 1.29 is 4.39 Å². The first-order chi connectivity index (χ1) is 7.75. The maximum Gasteiger partial charge on any atom is 0.123 e. The minimum Gasteiger partial charge on any atom is -0.326 e. The average Bonchev–Trinajstić information content (AvgIpc) is 2.30. The van der Waals surface area contributed by atoms with Crippen LogP contribution in [0, 0.1) is 5.82 Å². The molecular weight excluding hydrogens is 203 g/mol. The van der Waals surface area contributed by atoms with Gasteiger partial charge in [-0.2, -0.15) is 0 Å². The third-order valence-corrected chi connectivity index (χ3v) is 3.30. The van der Waals surface area contributed by atoms with Gasteiger partial charge in [0, 0.05) is 18.6 Å². The molecule has 0 unspecified atom stereocenters. The zero-order valence-electron chi connectivity index (χ0n) is 9.45. The minimum absolute atomic E-state index is 0.182. The van der Waals surface area contributed by atoms with Crippen molar-refractivity contribution in [3.8, 4) is 0 Å². The summed E-state index contributed by atoms with van der Waals surface area (Å²) in [6.07, 6.45) is 4.77. The van der Waals surface area contributed by atoms with Gasteiger partial charge in [0.15, 0.2) is 0 Å². The zero-order valence-corrected chi connectivity index (χ0v) is 9.45. The van der Waals surface area contributed by atoms with Crippen molar-refractivity contribution in [3.05, 3.63) is 35.6 Å². The van der Waals surface area contributed by atoms with E-state index in [1.807, 2.05) is 12.1 Å². The summed E-state index contributed by atoms with van der Waals surface area (Å²) in [6.45, 7) is 0.776. The maximum atomic E-state index is 12.7. The molecule has 1 aliphatic rings. The molecule has 0 amide bonds. The average molecular weight is 222 g/mol. The van der Waals surface area contributed by atoms with Gasteiger partial charge in [0.05, 0.1) is 0 Å². The summed E-state index contributed by atoms with van der Waals surface area (Å²) in [5.41, 5.74) is 7.16. The van der Waals surface area contributed by atoms with Crippen LogP contribution in [-0.4, -0.2) is 12.1 Å². The Labute approximate surface area is 96.0 Å². The molecule has 1 fully saturated rings. The lowest BCUT2D eigenvalue weighted by molar-refractivity contribution is 0.326. The molecule has 0 bridgehead atoms. The van der Waals surface area contributed by atoms with E-state index in [-0.39, 0.29) is 11.9 Å². The number of halogens is 1. The molecule has 0 aromatic heterocycles. The van der Waals surface area contributed by atoms with Gasteiger partial charge < -0.3 is 11.1 Å². The number of nitrogens with one attached hydrogen (secondary N) is 1. The Hall–Kier alpha value is -0.930. The van der Waals surface area contributed by atoms with Gasteiger partial charge in [-0.15, -0.1) is 0 Å². The van der Waals surface area contributed by atoms with Crippen LogP contribution in [0.5, 0.6) is 0 Å². The first-order valence-corrected chi connectivity index (χ1v) is 5.99. The Kier molecular flexibility index (Phi) is 3.91. The molecule has 88 valence electrons. The second-order valence-corrected chi connectivity index (χ2v) is 4.56. The molecule has 1 saturated carbocycles. The van der Waals surface area contributed by atoms with E-state index in [0.29, 0.717) is 6.04 Å². The van der Waals surface area contributed by atoms with E-state index in [2.05, 4.69) is 5.32 Å². The van der Waals surface area contributed by atoms with Crippen molar-refractivity contribution >= 4 is 0 Å². The minimum atomic E-state index is -0.182. The van der Waals surface area contributed by atoms with Crippen molar-refractivity contribution in [1.82, 2.24) is 5.32 Å². The third-order valence-electron chi connectivity index (χ3n) is 3.30. The molecule has 2 rings (SSSR count). The van der Waals surface area contributed by atoms with E-state index in [1.165, 1.54) is 25.0 Å². The van der Waals surface area contributed by atoms with Crippen molar-refractivity contribution in [3.63, 3.8) is 0 Å². The van der Waals surface area contributed by atoms with Crippen molar-refractivity contribution in [2.24, 2.45) is 5.73 Å². The molecule has 3 heteroatoms. The van der Waals surface area contributed by atoms with Gasteiger partial charge in [-0.05, 0) is 30.5 Å². The van der Waals surface area contributed by atoms with Crippen LogP contribution in [0.4, 0.5) is 4.39 Å². The molecule has 1 aromatic carbocycles. The molecule has 0 heterocycles. The number of benzene rings is 1. The summed E-state index contributed by atoms with van der Waals surface area (Å²) in [7, 11) is 0. The Bertz CT molecular complexity index is 323. The van der Waals surface area contributed by atoms with Gasteiger partial charge in [-0.3, -0.25) is 0 Å². The predicted molar refractivity (Wildman–Crippen MR) is 63.5 cm³/mol. The summed E-state index contributed by atoms with van der Waals surface area (Å²) in [5.74, 6) is -0.182. The molecular formula is C13H19FN2. The molecule has 2 nitrogen and oxygen atoms in total. The molecule has 3 N–H and O–H groups in total. The molecule has 16 heavy (non-hydrogen) atoms. The highest BCUT2D eigenvalue weighted by Gasteiger charge is 2.20. The highest BCUT2D eigenvalue weighted by Crippen LogP contribution is 2.17. The second kappa shape index (κ2) is 5.41. The normalized spacial score (nSPS) is 25.6. The lowest BCUT2D eigenvalue weighted by Crippen LogP contribution is -2.46. The van der Waals surface area contributed by atoms with Gasteiger partial charge in [-0.1, -0.05) is 25.0 Å². The highest BCUT2D eigenvalue weighted by atomic mass is 19.1. The summed E-state index contributed by atoms with van der Waals surface area (Å²) in [4.78, 5) is 0. The van der Waals surface area contributed by atoms with Crippen LogP contribution in [-0.2, 0) is 6.54 Å². The Morgan fingerprint density at radius 1 is 1.19 bits per heavy atom. The van der Waals surface area contributed by atoms with E-state index >= 15 is 0 Å². The fraction of sp³-hybridized carbons (Fsp3) is 0.538. The van der Waals surface area contributed by atoms with Gasteiger partial charge in [0.25, 0.3) is 0 Å². The van der Waals surface area contributed by atoms with E-state index in [0.717, 1.165) is 24.9 Å². The fourth-order valence-electron chi connectivity index (χ4n) is 2.26. The largest absolute Gasteiger partial charge is 0.326 e. The lowest BCUT2D eigenvalue weighted by atomic mass is 9.91. The molecule has 0 spiro atoms. The van der Waals surface area contributed by atoms with E-state index < -0.39 is 0 Å². The summed E-state index contributed by atoms with van der Waals surface area (Å²) in [5, 5.41) is 3.46. The monoisotopic (exact) mass is 222 g/mol. The third kappa shape index (κ3) is 3.03. The van der Waals surface area contributed by atoms with E-state index in [4.69, 9.17) is 5.73 Å². The van der Waals surface area contributed by atoms with Crippen molar-refractivity contribution in [1.29, 1.82) is 0 Å². The SMILES string of the molecule is N[C@@H]1CCCC[C@H]1NCc1ccc(F)cc1. The van der Waals surface area contributed by atoms with Crippen LogP contribution in [0.3, 0.4) is 0 Å². The Balaban J connectivity index is 1.84. The first kappa shape index (κ1) is 11.6. The topological polar surface area (TPSA) is 38.0 Å². The smallest absolute Gasteiger partial charge is 0.123 e. The number of rotatable bonds is 3. The van der Waals surface area contributed by atoms with E-state index in [9.17, 15) is 4.39 Å². The molecule has 0 saturated heterocycles. The van der Waals surface area contributed by atoms with Crippen LogP contribution in [0.1, 0.15) is 31.2 Å². The van der Waals surface area contributed by atoms with Crippen LogP contribution in [0.25, 0.3) is 0 Å². The van der Waals surface area contributed by atoms with Crippen LogP contribution in [0.2, 0.25) is 0 Å². The Morgan fingerprint density at radius 3 is 2.56 bits per heavy atom. The lowest BCUT2D eigenvalue weighted by Gasteiger charge is -2.29. The number of hydrogen-bond acceptors (Lipinski definition) is 2. The van der Waals surface area contributed by atoms with Gasteiger partial charge in [-0.25, -0.2) is 4.39 Å². The zero-order chi connectivity index (χ0) is 11.4. The summed E-state index contributed by atoms with van der Waals surface area (Å²) < 4.78 is 12.7. The predicted octanol–water partition coefficient (Wildman–Crippen LogP) is 2.19.